The predicted octanol–water partition coefficient (Wildman–Crippen LogP) is -1.25. The van der Waals surface area contributed by atoms with Crippen molar-refractivity contribution in [3.05, 3.63) is 24.3 Å². The second-order valence-corrected chi connectivity index (χ2v) is 2.33. The van der Waals surface area contributed by atoms with Crippen LogP contribution < -0.4 is 12.4 Å². The van der Waals surface area contributed by atoms with Gasteiger partial charge in [0.2, 0.25) is 0 Å². The van der Waals surface area contributed by atoms with Gasteiger partial charge in [-0.2, -0.15) is 0 Å². The Morgan fingerprint density at radius 1 is 0.889 bits per heavy atom. The van der Waals surface area contributed by atoms with Crippen molar-refractivity contribution in [3.8, 4) is 0 Å². The Balaban J connectivity index is 0.000000320. The third-order valence-corrected chi connectivity index (χ3v) is 1.76. The maximum absolute atomic E-state index is 2.30. The van der Waals surface area contributed by atoms with Crippen LogP contribution in [0.3, 0.4) is 0 Å². The Labute approximate surface area is 74.6 Å². The van der Waals surface area contributed by atoms with Crippen LogP contribution in [-0.4, -0.2) is 0 Å². The van der Waals surface area contributed by atoms with Crippen molar-refractivity contribution < 1.29 is 31.9 Å². The van der Waals surface area contributed by atoms with Gasteiger partial charge in [-0.3, -0.25) is 0 Å². The van der Waals surface area contributed by atoms with Gasteiger partial charge in [0.1, 0.15) is 0 Å². The van der Waals surface area contributed by atoms with Crippen LogP contribution >= 0.6 is 0 Å². The van der Waals surface area contributed by atoms with Gasteiger partial charge < -0.3 is 12.4 Å². The van der Waals surface area contributed by atoms with Crippen LogP contribution in [0.15, 0.2) is 24.3 Å². The van der Waals surface area contributed by atoms with E-state index in [0.29, 0.717) is 0 Å². The van der Waals surface area contributed by atoms with Crippen molar-refractivity contribution in [1.82, 2.24) is 0 Å². The molecule has 0 saturated heterocycles. The summed E-state index contributed by atoms with van der Waals surface area (Å²) in [4.78, 5) is 0. The topological polar surface area (TPSA) is 0 Å². The second-order valence-electron chi connectivity index (χ2n) is 2.33. The Bertz CT molecular complexity index is 112. The Morgan fingerprint density at radius 2 is 1.22 bits per heavy atom. The van der Waals surface area contributed by atoms with Crippen molar-refractivity contribution in [1.29, 1.82) is 0 Å². The van der Waals surface area contributed by atoms with E-state index in [2.05, 4.69) is 24.3 Å². The summed E-state index contributed by atoms with van der Waals surface area (Å²) in [5, 5.41) is 0. The minimum atomic E-state index is 0. The summed E-state index contributed by atoms with van der Waals surface area (Å²) in [7, 11) is 0. The van der Waals surface area contributed by atoms with E-state index >= 15 is 0 Å². The molecule has 0 fully saturated rings. The van der Waals surface area contributed by atoms with Crippen LogP contribution in [0.4, 0.5) is 0 Å². The van der Waals surface area contributed by atoms with Gasteiger partial charge in [-0.05, 0) is 18.3 Å². The molecule has 0 unspecified atom stereocenters. The van der Waals surface area contributed by atoms with Crippen LogP contribution in [0.2, 0.25) is 0 Å². The summed E-state index contributed by atoms with van der Waals surface area (Å²) in [5.41, 5.74) is 0. The van der Waals surface area contributed by atoms with Gasteiger partial charge >= 0.3 is 0 Å². The van der Waals surface area contributed by atoms with E-state index in [1.807, 2.05) is 0 Å². The van der Waals surface area contributed by atoms with Gasteiger partial charge in [-0.1, -0.05) is 24.3 Å². The Kier molecular flexibility index (Phi) is 3.69. The SMILES string of the molecule is C1=CC2C=CC1C2.[Cl-].[Rh]. The fraction of sp³-hybridized carbons (Fsp3) is 0.429. The number of hydrogen-bond donors (Lipinski definition) is 0. The van der Waals surface area contributed by atoms with Crippen LogP contribution in [0.1, 0.15) is 6.42 Å². The first-order valence-corrected chi connectivity index (χ1v) is 2.82. The van der Waals surface area contributed by atoms with Crippen molar-refractivity contribution in [2.45, 2.75) is 6.42 Å². The molecule has 0 aromatic carbocycles. The first kappa shape index (κ1) is 9.39. The zero-order valence-corrected chi connectivity index (χ0v) is 7.28. The first-order valence-electron chi connectivity index (χ1n) is 2.82. The normalized spacial score (nSPS) is 33.8. The molecular weight excluding hydrogens is 222 g/mol. The summed E-state index contributed by atoms with van der Waals surface area (Å²) in [6, 6.07) is 0. The van der Waals surface area contributed by atoms with E-state index in [-0.39, 0.29) is 31.9 Å². The van der Waals surface area contributed by atoms with Gasteiger partial charge in [0, 0.05) is 19.5 Å². The molecule has 0 aliphatic heterocycles. The first-order chi connectivity index (χ1) is 3.45. The van der Waals surface area contributed by atoms with Crippen LogP contribution in [0.5, 0.6) is 0 Å². The number of hydrogen-bond acceptors (Lipinski definition) is 0. The third kappa shape index (κ3) is 1.66. The number of allylic oxidation sites excluding steroid dienone is 4. The summed E-state index contributed by atoms with van der Waals surface area (Å²) in [6.07, 6.45) is 10.5. The smallest absolute Gasteiger partial charge is 0 e. The summed E-state index contributed by atoms with van der Waals surface area (Å²) in [5.74, 6) is 1.62. The minimum Gasteiger partial charge on any atom is -1.00 e. The van der Waals surface area contributed by atoms with Gasteiger partial charge in [-0.15, -0.1) is 0 Å². The van der Waals surface area contributed by atoms with E-state index < -0.39 is 0 Å². The molecular formula is C7H8ClRh-. The predicted molar refractivity (Wildman–Crippen MR) is 29.9 cm³/mol. The average Bonchev–Trinajstić information content (AvgIpc) is 2.22. The summed E-state index contributed by atoms with van der Waals surface area (Å²) < 4.78 is 0. The monoisotopic (exact) mass is 230 g/mol. The van der Waals surface area contributed by atoms with Crippen molar-refractivity contribution in [3.63, 3.8) is 0 Å². The number of halogens is 1. The molecule has 0 amide bonds. The Hall–Kier alpha value is 0.393. The molecule has 2 rings (SSSR count). The van der Waals surface area contributed by atoms with E-state index in [0.717, 1.165) is 11.8 Å². The molecule has 0 atom stereocenters. The second kappa shape index (κ2) is 3.53. The molecule has 2 aliphatic rings. The molecule has 0 aromatic rings. The molecule has 0 heterocycles. The maximum atomic E-state index is 2.30. The third-order valence-electron chi connectivity index (χ3n) is 1.76. The van der Waals surface area contributed by atoms with Crippen LogP contribution in [-0.2, 0) is 19.5 Å². The van der Waals surface area contributed by atoms with Gasteiger partial charge in [-0.25, -0.2) is 0 Å². The maximum Gasteiger partial charge on any atom is 0 e. The molecule has 1 radical (unpaired) electrons. The summed E-state index contributed by atoms with van der Waals surface area (Å²) in [6.45, 7) is 0. The fourth-order valence-corrected chi connectivity index (χ4v) is 1.33. The molecule has 0 nitrogen and oxygen atoms in total. The average molecular weight is 230 g/mol. The fourth-order valence-electron chi connectivity index (χ4n) is 1.33. The van der Waals surface area contributed by atoms with Crippen LogP contribution in [0.25, 0.3) is 0 Å². The Morgan fingerprint density at radius 3 is 1.33 bits per heavy atom. The molecule has 0 aromatic heterocycles. The summed E-state index contributed by atoms with van der Waals surface area (Å²) >= 11 is 0. The standard InChI is InChI=1S/C7H8.ClH.Rh/c1-2-7-4-3-6(1)5-7;;/h1-4,6-7H,5H2;1H;/p-1. The molecule has 53 valence electrons. The number of fused-ring (bicyclic) bond motifs is 2. The van der Waals surface area contributed by atoms with Crippen molar-refractivity contribution in [2.24, 2.45) is 11.8 Å². The van der Waals surface area contributed by atoms with E-state index in [1.54, 1.807) is 0 Å². The zero-order chi connectivity index (χ0) is 4.69. The molecule has 2 aliphatic carbocycles. The van der Waals surface area contributed by atoms with E-state index in [9.17, 15) is 0 Å². The van der Waals surface area contributed by atoms with Gasteiger partial charge in [0.15, 0.2) is 0 Å². The van der Waals surface area contributed by atoms with Crippen molar-refractivity contribution >= 4 is 0 Å². The zero-order valence-electron chi connectivity index (χ0n) is 4.88. The molecule has 9 heavy (non-hydrogen) atoms. The van der Waals surface area contributed by atoms with Gasteiger partial charge in [0.05, 0.1) is 0 Å². The van der Waals surface area contributed by atoms with E-state index in [1.165, 1.54) is 6.42 Å². The molecule has 2 bridgehead atoms. The number of rotatable bonds is 0. The van der Waals surface area contributed by atoms with Crippen LogP contribution in [0, 0.1) is 11.8 Å². The minimum absolute atomic E-state index is 0. The largest absolute Gasteiger partial charge is 1.00 e. The quantitative estimate of drug-likeness (QED) is 0.360. The molecule has 0 saturated carbocycles. The molecule has 0 N–H and O–H groups in total. The van der Waals surface area contributed by atoms with Gasteiger partial charge in [0.25, 0.3) is 0 Å². The van der Waals surface area contributed by atoms with E-state index in [4.69, 9.17) is 0 Å². The molecule has 2 heteroatoms. The molecule has 0 spiro atoms. The van der Waals surface area contributed by atoms with Crippen molar-refractivity contribution in [2.75, 3.05) is 0 Å².